The van der Waals surface area contributed by atoms with Crippen molar-refractivity contribution in [2.75, 3.05) is 18.4 Å². The molecule has 32 heavy (non-hydrogen) atoms. The minimum absolute atomic E-state index is 0.0690. The number of carbonyl (C=O) groups excluding carboxylic acids is 1. The fourth-order valence-electron chi connectivity index (χ4n) is 3.38. The van der Waals surface area contributed by atoms with Crippen LogP contribution in [0, 0.1) is 5.82 Å². The van der Waals surface area contributed by atoms with Crippen molar-refractivity contribution in [3.8, 4) is 0 Å². The van der Waals surface area contributed by atoms with Crippen LogP contribution >= 0.6 is 23.2 Å². The average molecular weight is 481 g/mol. The number of carbonyl (C=O) groups is 1. The maximum Gasteiger partial charge on any atom is 0.410 e. The Morgan fingerprint density at radius 1 is 1.19 bits per heavy atom. The molecule has 0 radical (unpaired) electrons. The minimum Gasteiger partial charge on any atom is -0.444 e. The van der Waals surface area contributed by atoms with Gasteiger partial charge in [0.15, 0.2) is 11.5 Å². The predicted octanol–water partition coefficient (Wildman–Crippen LogP) is 6.23. The van der Waals surface area contributed by atoms with Gasteiger partial charge in [0.25, 0.3) is 0 Å². The third-order valence-electron chi connectivity index (χ3n) is 4.98. The summed E-state index contributed by atoms with van der Waals surface area (Å²) >= 11 is 11.7. The topological polar surface area (TPSA) is 67.3 Å². The summed E-state index contributed by atoms with van der Waals surface area (Å²) < 4.78 is 35.3. The number of alkyl halides is 1. The second-order valence-corrected chi connectivity index (χ2v) is 9.39. The molecule has 0 saturated carbocycles. The number of halogens is 4. The van der Waals surface area contributed by atoms with Crippen LogP contribution in [0.4, 0.5) is 25.1 Å². The molecule has 1 amide bonds. The third kappa shape index (κ3) is 4.29. The van der Waals surface area contributed by atoms with Crippen LogP contribution in [0.15, 0.2) is 36.7 Å². The number of rotatable bonds is 3. The number of benzene rings is 2. The van der Waals surface area contributed by atoms with Crippen LogP contribution in [0.1, 0.15) is 26.3 Å². The molecular formula is C22H20Cl2F2N4O2. The molecule has 6 nitrogen and oxygen atoms in total. The molecule has 1 aliphatic rings. The lowest BCUT2D eigenvalue weighted by Crippen LogP contribution is -2.59. The van der Waals surface area contributed by atoms with Gasteiger partial charge in [-0.1, -0.05) is 29.3 Å². The van der Waals surface area contributed by atoms with E-state index in [0.29, 0.717) is 16.5 Å². The van der Waals surface area contributed by atoms with E-state index in [-0.39, 0.29) is 34.6 Å². The fraction of sp³-hybridized carbons (Fsp3) is 0.318. The first kappa shape index (κ1) is 22.5. The Morgan fingerprint density at radius 2 is 1.91 bits per heavy atom. The Morgan fingerprint density at radius 3 is 2.59 bits per heavy atom. The zero-order valence-corrected chi connectivity index (χ0v) is 19.1. The van der Waals surface area contributed by atoms with Crippen molar-refractivity contribution >= 4 is 51.7 Å². The Balaban J connectivity index is 1.61. The quantitative estimate of drug-likeness (QED) is 0.449. The summed E-state index contributed by atoms with van der Waals surface area (Å²) in [6, 6.07) is 7.76. The van der Waals surface area contributed by atoms with Crippen LogP contribution in [0.3, 0.4) is 0 Å². The van der Waals surface area contributed by atoms with Crippen LogP contribution in [0.2, 0.25) is 10.0 Å². The summed E-state index contributed by atoms with van der Waals surface area (Å²) in [6.45, 7) is 4.99. The van der Waals surface area contributed by atoms with Gasteiger partial charge in [-0.25, -0.2) is 23.5 Å². The smallest absolute Gasteiger partial charge is 0.410 e. The molecule has 1 aromatic heterocycles. The fourth-order valence-corrected chi connectivity index (χ4v) is 3.69. The molecule has 1 N–H and O–H groups in total. The van der Waals surface area contributed by atoms with E-state index in [2.05, 4.69) is 15.3 Å². The molecule has 1 aliphatic heterocycles. The minimum atomic E-state index is -1.74. The lowest BCUT2D eigenvalue weighted by molar-refractivity contribution is -0.0537. The molecule has 4 rings (SSSR count). The van der Waals surface area contributed by atoms with Crippen LogP contribution in [-0.4, -0.2) is 39.7 Å². The standard InChI is InChI=1S/C22H20Cl2F2N4O2/c1-21(2,3)32-20(31)30-9-22(26,10-30)12-4-6-15-13(8-12)19(28-11-27-15)29-16-7-5-14(23)17(24)18(16)25/h4-8,11H,9-10H2,1-3H3,(H,27,28,29). The van der Waals surface area contributed by atoms with E-state index in [1.54, 1.807) is 39.0 Å². The highest BCUT2D eigenvalue weighted by Gasteiger charge is 2.48. The Labute approximate surface area is 193 Å². The lowest BCUT2D eigenvalue weighted by Gasteiger charge is -2.44. The molecule has 0 unspecified atom stereocenters. The van der Waals surface area contributed by atoms with Gasteiger partial charge < -0.3 is 15.0 Å². The van der Waals surface area contributed by atoms with E-state index in [1.165, 1.54) is 23.4 Å². The maximum absolute atomic E-state index is 15.5. The second-order valence-electron chi connectivity index (χ2n) is 8.60. The molecule has 1 fully saturated rings. The summed E-state index contributed by atoms with van der Waals surface area (Å²) in [5.41, 5.74) is -1.44. The van der Waals surface area contributed by atoms with Crippen molar-refractivity contribution in [1.82, 2.24) is 14.9 Å². The molecule has 1 saturated heterocycles. The van der Waals surface area contributed by atoms with E-state index in [9.17, 15) is 9.18 Å². The van der Waals surface area contributed by atoms with Crippen molar-refractivity contribution in [2.45, 2.75) is 32.0 Å². The van der Waals surface area contributed by atoms with Gasteiger partial charge in [0.05, 0.1) is 34.3 Å². The van der Waals surface area contributed by atoms with Crippen LogP contribution in [0.5, 0.6) is 0 Å². The van der Waals surface area contributed by atoms with Gasteiger partial charge in [0.1, 0.15) is 17.7 Å². The van der Waals surface area contributed by atoms with Gasteiger partial charge >= 0.3 is 6.09 Å². The second kappa shape index (κ2) is 8.01. The van der Waals surface area contributed by atoms with Gasteiger partial charge in [0, 0.05) is 5.39 Å². The van der Waals surface area contributed by atoms with Crippen molar-refractivity contribution in [2.24, 2.45) is 0 Å². The normalized spacial score (nSPS) is 15.4. The molecule has 0 spiro atoms. The Bertz CT molecular complexity index is 1210. The highest BCUT2D eigenvalue weighted by Crippen LogP contribution is 2.39. The van der Waals surface area contributed by atoms with Gasteiger partial charge in [-0.3, -0.25) is 0 Å². The first-order valence-electron chi connectivity index (χ1n) is 9.79. The number of ether oxygens (including phenoxy) is 1. The van der Waals surface area contributed by atoms with E-state index in [4.69, 9.17) is 27.9 Å². The zero-order valence-electron chi connectivity index (χ0n) is 17.5. The summed E-state index contributed by atoms with van der Waals surface area (Å²) in [5.74, 6) is -0.447. The van der Waals surface area contributed by atoms with Gasteiger partial charge in [-0.05, 0) is 50.6 Å². The van der Waals surface area contributed by atoms with Crippen molar-refractivity contribution in [3.05, 3.63) is 58.1 Å². The van der Waals surface area contributed by atoms with Crippen molar-refractivity contribution < 1.29 is 18.3 Å². The number of amides is 1. The SMILES string of the molecule is CC(C)(C)OC(=O)N1CC(F)(c2ccc3ncnc(Nc4ccc(Cl)c(Cl)c4F)c3c2)C1. The van der Waals surface area contributed by atoms with E-state index in [0.717, 1.165) is 0 Å². The monoisotopic (exact) mass is 480 g/mol. The lowest BCUT2D eigenvalue weighted by atomic mass is 9.87. The molecule has 3 aromatic rings. The Hall–Kier alpha value is -2.71. The van der Waals surface area contributed by atoms with Crippen LogP contribution in [-0.2, 0) is 10.4 Å². The number of hydrogen-bond donors (Lipinski definition) is 1. The number of hydrogen-bond acceptors (Lipinski definition) is 5. The van der Waals surface area contributed by atoms with Crippen molar-refractivity contribution in [3.63, 3.8) is 0 Å². The number of aromatic nitrogens is 2. The first-order chi connectivity index (χ1) is 15.0. The summed E-state index contributed by atoms with van der Waals surface area (Å²) in [4.78, 5) is 21.8. The third-order valence-corrected chi connectivity index (χ3v) is 5.76. The average Bonchev–Trinajstić information content (AvgIpc) is 2.70. The summed E-state index contributed by atoms with van der Waals surface area (Å²) in [5, 5.41) is 3.24. The number of likely N-dealkylation sites (tertiary alicyclic amines) is 1. The Kier molecular flexibility index (Phi) is 5.63. The molecule has 0 aliphatic carbocycles. The first-order valence-corrected chi connectivity index (χ1v) is 10.5. The maximum atomic E-state index is 15.5. The molecule has 0 bridgehead atoms. The van der Waals surface area contributed by atoms with E-state index >= 15 is 4.39 Å². The van der Waals surface area contributed by atoms with E-state index in [1.807, 2.05) is 0 Å². The number of anilines is 2. The molecule has 10 heteroatoms. The van der Waals surface area contributed by atoms with Crippen molar-refractivity contribution in [1.29, 1.82) is 0 Å². The number of nitrogens with one attached hydrogen (secondary N) is 1. The van der Waals surface area contributed by atoms with Crippen LogP contribution < -0.4 is 5.32 Å². The predicted molar refractivity (Wildman–Crippen MR) is 120 cm³/mol. The molecule has 2 aromatic carbocycles. The highest BCUT2D eigenvalue weighted by atomic mass is 35.5. The van der Waals surface area contributed by atoms with E-state index < -0.39 is 23.2 Å². The van der Waals surface area contributed by atoms with Gasteiger partial charge in [-0.2, -0.15) is 0 Å². The highest BCUT2D eigenvalue weighted by molar-refractivity contribution is 6.42. The number of nitrogens with zero attached hydrogens (tertiary/aromatic N) is 3. The molecule has 2 heterocycles. The summed E-state index contributed by atoms with van der Waals surface area (Å²) in [7, 11) is 0. The molecule has 0 atom stereocenters. The van der Waals surface area contributed by atoms with Crippen LogP contribution in [0.25, 0.3) is 10.9 Å². The molecular weight excluding hydrogens is 461 g/mol. The summed E-state index contributed by atoms with van der Waals surface area (Å²) in [6.07, 6.45) is 0.755. The molecule has 168 valence electrons. The largest absolute Gasteiger partial charge is 0.444 e. The van der Waals surface area contributed by atoms with Gasteiger partial charge in [-0.15, -0.1) is 0 Å². The number of fused-ring (bicyclic) bond motifs is 1. The van der Waals surface area contributed by atoms with Gasteiger partial charge in [0.2, 0.25) is 0 Å². The zero-order chi connectivity index (χ0) is 23.3.